The molecule has 0 aromatic heterocycles. The lowest BCUT2D eigenvalue weighted by molar-refractivity contribution is 0.0505. The molecule has 0 N–H and O–H groups in total. The molecule has 1 aliphatic heterocycles. The first-order valence-corrected chi connectivity index (χ1v) is 4.97. The molecule has 0 amide bonds. The Labute approximate surface area is 75.9 Å². The zero-order valence-corrected chi connectivity index (χ0v) is 8.71. The van der Waals surface area contributed by atoms with Crippen molar-refractivity contribution in [2.45, 2.75) is 39.8 Å². The molecular formula is C10H21NO. The molecule has 0 bridgehead atoms. The van der Waals surface area contributed by atoms with Gasteiger partial charge in [0.1, 0.15) is 0 Å². The Balaban J connectivity index is 2.48. The van der Waals surface area contributed by atoms with Crippen molar-refractivity contribution in [2.24, 2.45) is 5.92 Å². The maximum Gasteiger partial charge on any atom is 0.0597 e. The summed E-state index contributed by atoms with van der Waals surface area (Å²) in [5.41, 5.74) is 0. The van der Waals surface area contributed by atoms with Gasteiger partial charge >= 0.3 is 0 Å². The predicted octanol–water partition coefficient (Wildman–Crippen LogP) is 1.75. The highest BCUT2D eigenvalue weighted by atomic mass is 16.5. The highest BCUT2D eigenvalue weighted by Gasteiger charge is 2.22. The smallest absolute Gasteiger partial charge is 0.0597 e. The molecule has 1 aliphatic rings. The van der Waals surface area contributed by atoms with E-state index in [0.29, 0.717) is 18.1 Å². The molecule has 1 saturated heterocycles. The van der Waals surface area contributed by atoms with Gasteiger partial charge < -0.3 is 4.74 Å². The van der Waals surface area contributed by atoms with Gasteiger partial charge in [-0.05, 0) is 26.7 Å². The first kappa shape index (κ1) is 10.0. The molecule has 2 atom stereocenters. The molecule has 1 fully saturated rings. The van der Waals surface area contributed by atoms with Gasteiger partial charge in [0.15, 0.2) is 0 Å². The first-order chi connectivity index (χ1) is 5.61. The SMILES string of the molecule is CC(C)N1CCO[C@@H](C)[C@H](C)C1. The van der Waals surface area contributed by atoms with Gasteiger partial charge in [-0.3, -0.25) is 4.90 Å². The fourth-order valence-electron chi connectivity index (χ4n) is 1.60. The maximum atomic E-state index is 5.65. The van der Waals surface area contributed by atoms with Crippen LogP contribution in [0.2, 0.25) is 0 Å². The molecule has 0 radical (unpaired) electrons. The Bertz CT molecular complexity index is 136. The molecule has 0 saturated carbocycles. The Morgan fingerprint density at radius 2 is 2.00 bits per heavy atom. The number of hydrogen-bond acceptors (Lipinski definition) is 2. The lowest BCUT2D eigenvalue weighted by Gasteiger charge is -2.26. The molecular weight excluding hydrogens is 150 g/mol. The van der Waals surface area contributed by atoms with E-state index in [0.717, 1.165) is 13.2 Å². The van der Waals surface area contributed by atoms with Crippen LogP contribution in [0.3, 0.4) is 0 Å². The van der Waals surface area contributed by atoms with Gasteiger partial charge in [0.05, 0.1) is 12.7 Å². The topological polar surface area (TPSA) is 12.5 Å². The van der Waals surface area contributed by atoms with Gasteiger partial charge in [-0.1, -0.05) is 6.92 Å². The Morgan fingerprint density at radius 3 is 2.58 bits per heavy atom. The second-order valence-electron chi connectivity index (χ2n) is 4.14. The van der Waals surface area contributed by atoms with Gasteiger partial charge in [0, 0.05) is 19.1 Å². The summed E-state index contributed by atoms with van der Waals surface area (Å²) in [6.45, 7) is 12.1. The number of nitrogens with zero attached hydrogens (tertiary/aromatic N) is 1. The van der Waals surface area contributed by atoms with E-state index in [-0.39, 0.29) is 0 Å². The van der Waals surface area contributed by atoms with Crippen molar-refractivity contribution in [1.29, 1.82) is 0 Å². The molecule has 1 heterocycles. The van der Waals surface area contributed by atoms with Crippen molar-refractivity contribution in [1.82, 2.24) is 4.90 Å². The zero-order valence-electron chi connectivity index (χ0n) is 8.71. The van der Waals surface area contributed by atoms with Crippen LogP contribution in [0, 0.1) is 5.92 Å². The lowest BCUT2D eigenvalue weighted by Crippen LogP contribution is -2.35. The van der Waals surface area contributed by atoms with Crippen LogP contribution in [-0.2, 0) is 4.74 Å². The minimum absolute atomic E-state index is 0.425. The minimum Gasteiger partial charge on any atom is -0.377 e. The van der Waals surface area contributed by atoms with Gasteiger partial charge in [-0.15, -0.1) is 0 Å². The van der Waals surface area contributed by atoms with Crippen LogP contribution in [0.1, 0.15) is 27.7 Å². The van der Waals surface area contributed by atoms with E-state index in [9.17, 15) is 0 Å². The zero-order chi connectivity index (χ0) is 9.14. The maximum absolute atomic E-state index is 5.65. The second-order valence-corrected chi connectivity index (χ2v) is 4.14. The van der Waals surface area contributed by atoms with E-state index >= 15 is 0 Å². The minimum atomic E-state index is 0.425. The van der Waals surface area contributed by atoms with Crippen LogP contribution in [0.5, 0.6) is 0 Å². The normalized spacial score (nSPS) is 33.8. The molecule has 0 aromatic rings. The number of ether oxygens (including phenoxy) is 1. The van der Waals surface area contributed by atoms with E-state index < -0.39 is 0 Å². The molecule has 1 rings (SSSR count). The van der Waals surface area contributed by atoms with Gasteiger partial charge in [-0.25, -0.2) is 0 Å². The standard InChI is InChI=1S/C10H21NO/c1-8(2)11-5-6-12-10(4)9(3)7-11/h8-10H,5-7H2,1-4H3/t9-,10+/m1/s1. The quantitative estimate of drug-likeness (QED) is 0.596. The molecule has 2 heteroatoms. The van der Waals surface area contributed by atoms with Crippen molar-refractivity contribution < 1.29 is 4.74 Å². The Morgan fingerprint density at radius 1 is 1.33 bits per heavy atom. The highest BCUT2D eigenvalue weighted by Crippen LogP contribution is 2.14. The molecule has 0 aromatic carbocycles. The van der Waals surface area contributed by atoms with E-state index in [1.807, 2.05) is 0 Å². The summed E-state index contributed by atoms with van der Waals surface area (Å²) >= 11 is 0. The number of hydrogen-bond donors (Lipinski definition) is 0. The van der Waals surface area contributed by atoms with Crippen molar-refractivity contribution >= 4 is 0 Å². The summed E-state index contributed by atoms with van der Waals surface area (Å²) < 4.78 is 5.65. The van der Waals surface area contributed by atoms with Gasteiger partial charge in [0.25, 0.3) is 0 Å². The molecule has 0 unspecified atom stereocenters. The Hall–Kier alpha value is -0.0800. The van der Waals surface area contributed by atoms with Crippen molar-refractivity contribution in [3.8, 4) is 0 Å². The fourth-order valence-corrected chi connectivity index (χ4v) is 1.60. The third-order valence-corrected chi connectivity index (χ3v) is 2.81. The van der Waals surface area contributed by atoms with Crippen LogP contribution in [-0.4, -0.2) is 36.7 Å². The van der Waals surface area contributed by atoms with Crippen molar-refractivity contribution in [3.63, 3.8) is 0 Å². The van der Waals surface area contributed by atoms with E-state index in [1.54, 1.807) is 0 Å². The largest absolute Gasteiger partial charge is 0.377 e. The third kappa shape index (κ3) is 2.46. The van der Waals surface area contributed by atoms with Crippen LogP contribution >= 0.6 is 0 Å². The van der Waals surface area contributed by atoms with Crippen molar-refractivity contribution in [2.75, 3.05) is 19.7 Å². The van der Waals surface area contributed by atoms with E-state index in [2.05, 4.69) is 32.6 Å². The average Bonchev–Trinajstić information content (AvgIpc) is 2.15. The summed E-state index contributed by atoms with van der Waals surface area (Å²) in [6, 6.07) is 0.654. The van der Waals surface area contributed by atoms with Crippen LogP contribution in [0.25, 0.3) is 0 Å². The third-order valence-electron chi connectivity index (χ3n) is 2.81. The summed E-state index contributed by atoms with van der Waals surface area (Å²) in [6.07, 6.45) is 0.425. The van der Waals surface area contributed by atoms with E-state index in [4.69, 9.17) is 4.74 Å². The lowest BCUT2D eigenvalue weighted by atomic mass is 10.1. The summed E-state index contributed by atoms with van der Waals surface area (Å²) in [4.78, 5) is 2.49. The fraction of sp³-hybridized carbons (Fsp3) is 1.00. The summed E-state index contributed by atoms with van der Waals surface area (Å²) in [5, 5.41) is 0. The highest BCUT2D eigenvalue weighted by molar-refractivity contribution is 4.73. The second kappa shape index (κ2) is 4.24. The van der Waals surface area contributed by atoms with Gasteiger partial charge in [0.2, 0.25) is 0 Å². The molecule has 0 spiro atoms. The number of rotatable bonds is 1. The molecule has 0 aliphatic carbocycles. The first-order valence-electron chi connectivity index (χ1n) is 4.97. The van der Waals surface area contributed by atoms with Gasteiger partial charge in [-0.2, -0.15) is 0 Å². The molecule has 72 valence electrons. The predicted molar refractivity (Wildman–Crippen MR) is 51.3 cm³/mol. The molecule has 2 nitrogen and oxygen atoms in total. The summed E-state index contributed by atoms with van der Waals surface area (Å²) in [5.74, 6) is 0.662. The van der Waals surface area contributed by atoms with Crippen molar-refractivity contribution in [3.05, 3.63) is 0 Å². The summed E-state index contributed by atoms with van der Waals surface area (Å²) in [7, 11) is 0. The molecule has 12 heavy (non-hydrogen) atoms. The van der Waals surface area contributed by atoms with Crippen LogP contribution in [0.4, 0.5) is 0 Å². The Kier molecular flexibility index (Phi) is 3.53. The van der Waals surface area contributed by atoms with Crippen LogP contribution in [0.15, 0.2) is 0 Å². The monoisotopic (exact) mass is 171 g/mol. The van der Waals surface area contributed by atoms with Crippen LogP contribution < -0.4 is 0 Å². The van der Waals surface area contributed by atoms with E-state index in [1.165, 1.54) is 6.54 Å². The average molecular weight is 171 g/mol.